The van der Waals surface area contributed by atoms with E-state index >= 15 is 0 Å². The maximum atomic E-state index is 13.0. The Balaban J connectivity index is 1.65. The molecule has 1 aliphatic rings. The minimum atomic E-state index is -3.79. The average molecular weight is 431 g/mol. The monoisotopic (exact) mass is 430 g/mol. The van der Waals surface area contributed by atoms with Crippen LogP contribution < -0.4 is 0 Å². The van der Waals surface area contributed by atoms with Crippen LogP contribution in [0.15, 0.2) is 47.4 Å². The third-order valence-electron chi connectivity index (χ3n) is 4.39. The lowest BCUT2D eigenvalue weighted by atomic mass is 10.1. The fourth-order valence-corrected chi connectivity index (χ4v) is 5.05. The first kappa shape index (κ1) is 20.1. The third-order valence-corrected chi connectivity index (χ3v) is 7.27. The van der Waals surface area contributed by atoms with Gasteiger partial charge in [0.1, 0.15) is 10.7 Å². The maximum Gasteiger partial charge on any atom is 0.244 e. The van der Waals surface area contributed by atoms with Gasteiger partial charge in [0.05, 0.1) is 16.5 Å². The van der Waals surface area contributed by atoms with E-state index in [2.05, 4.69) is 0 Å². The first-order chi connectivity index (χ1) is 12.8. The topological polar surface area (TPSA) is 57.7 Å². The smallest absolute Gasteiger partial charge is 0.244 e. The van der Waals surface area contributed by atoms with Gasteiger partial charge in [0.25, 0.3) is 0 Å². The molecule has 0 N–H and O–H groups in total. The standard InChI is InChI=1S/C18H17Cl2FN2O3S/c19-15-2-1-3-16(18(15)20)27(25,26)23-10-8-22(9-11-23)17(24)12-13-4-6-14(21)7-5-13/h1-7H,8-12H2. The number of halogens is 3. The molecule has 1 saturated heterocycles. The average Bonchev–Trinajstić information content (AvgIpc) is 2.65. The van der Waals surface area contributed by atoms with E-state index in [-0.39, 0.29) is 59.3 Å². The van der Waals surface area contributed by atoms with Crippen molar-refractivity contribution in [3.05, 3.63) is 63.9 Å². The van der Waals surface area contributed by atoms with E-state index < -0.39 is 10.0 Å². The molecule has 0 saturated carbocycles. The molecule has 1 aliphatic heterocycles. The Morgan fingerprint density at radius 2 is 1.63 bits per heavy atom. The Morgan fingerprint density at radius 3 is 2.26 bits per heavy atom. The zero-order chi connectivity index (χ0) is 19.6. The molecule has 0 radical (unpaired) electrons. The summed E-state index contributed by atoms with van der Waals surface area (Å²) in [4.78, 5) is 14.0. The van der Waals surface area contributed by atoms with Gasteiger partial charge in [0.2, 0.25) is 15.9 Å². The van der Waals surface area contributed by atoms with Crippen LogP contribution >= 0.6 is 23.2 Å². The second-order valence-electron chi connectivity index (χ2n) is 6.14. The summed E-state index contributed by atoms with van der Waals surface area (Å²) in [7, 11) is -3.79. The van der Waals surface area contributed by atoms with Gasteiger partial charge in [-0.25, -0.2) is 12.8 Å². The van der Waals surface area contributed by atoms with Crippen molar-refractivity contribution in [3.8, 4) is 0 Å². The van der Waals surface area contributed by atoms with Crippen molar-refractivity contribution in [1.82, 2.24) is 9.21 Å². The highest BCUT2D eigenvalue weighted by atomic mass is 35.5. The van der Waals surface area contributed by atoms with Crippen LogP contribution in [-0.2, 0) is 21.2 Å². The van der Waals surface area contributed by atoms with Crippen molar-refractivity contribution in [2.24, 2.45) is 0 Å². The molecule has 9 heteroatoms. The van der Waals surface area contributed by atoms with Crippen LogP contribution in [0.4, 0.5) is 4.39 Å². The summed E-state index contributed by atoms with van der Waals surface area (Å²) in [5, 5.41) is 0.167. The molecule has 3 rings (SSSR count). The fourth-order valence-electron chi connectivity index (χ4n) is 2.89. The van der Waals surface area contributed by atoms with Gasteiger partial charge in [-0.15, -0.1) is 0 Å². The molecule has 2 aromatic rings. The molecule has 1 amide bonds. The van der Waals surface area contributed by atoms with Gasteiger partial charge in [-0.05, 0) is 29.8 Å². The second-order valence-corrected chi connectivity index (χ2v) is 8.83. The van der Waals surface area contributed by atoms with E-state index in [0.29, 0.717) is 5.56 Å². The van der Waals surface area contributed by atoms with Gasteiger partial charge in [0.15, 0.2) is 0 Å². The molecular weight excluding hydrogens is 414 g/mol. The summed E-state index contributed by atoms with van der Waals surface area (Å²) in [6.07, 6.45) is 0.146. The lowest BCUT2D eigenvalue weighted by Crippen LogP contribution is -2.50. The van der Waals surface area contributed by atoms with E-state index in [1.165, 1.54) is 34.6 Å². The Kier molecular flexibility index (Phi) is 6.05. The van der Waals surface area contributed by atoms with Gasteiger partial charge in [-0.2, -0.15) is 4.31 Å². The predicted molar refractivity (Wildman–Crippen MR) is 102 cm³/mol. The Morgan fingerprint density at radius 1 is 1.00 bits per heavy atom. The second kappa shape index (κ2) is 8.14. The lowest BCUT2D eigenvalue weighted by molar-refractivity contribution is -0.131. The van der Waals surface area contributed by atoms with Crippen molar-refractivity contribution in [1.29, 1.82) is 0 Å². The van der Waals surface area contributed by atoms with Crippen molar-refractivity contribution in [2.75, 3.05) is 26.2 Å². The molecule has 0 spiro atoms. The Labute approximate surface area is 167 Å². The molecule has 2 aromatic carbocycles. The van der Waals surface area contributed by atoms with Crippen molar-refractivity contribution >= 4 is 39.1 Å². The molecule has 5 nitrogen and oxygen atoms in total. The van der Waals surface area contributed by atoms with Crippen LogP contribution in [0.5, 0.6) is 0 Å². The minimum absolute atomic E-state index is 0.00557. The fraction of sp³-hybridized carbons (Fsp3) is 0.278. The molecule has 1 fully saturated rings. The SMILES string of the molecule is O=C(Cc1ccc(F)cc1)N1CCN(S(=O)(=O)c2cccc(Cl)c2Cl)CC1. The number of nitrogens with zero attached hydrogens (tertiary/aromatic N) is 2. The van der Waals surface area contributed by atoms with Crippen LogP contribution in [0, 0.1) is 5.82 Å². The Hall–Kier alpha value is -1.67. The molecule has 0 unspecified atom stereocenters. The number of benzene rings is 2. The zero-order valence-corrected chi connectivity index (χ0v) is 16.6. The van der Waals surface area contributed by atoms with E-state index in [0.717, 1.165) is 0 Å². The molecule has 27 heavy (non-hydrogen) atoms. The normalized spacial score (nSPS) is 15.7. The number of rotatable bonds is 4. The number of hydrogen-bond donors (Lipinski definition) is 0. The first-order valence-corrected chi connectivity index (χ1v) is 10.4. The van der Waals surface area contributed by atoms with Gasteiger partial charge in [0, 0.05) is 26.2 Å². The van der Waals surface area contributed by atoms with E-state index in [1.54, 1.807) is 17.0 Å². The molecule has 0 bridgehead atoms. The summed E-state index contributed by atoms with van der Waals surface area (Å²) < 4.78 is 39.9. The highest BCUT2D eigenvalue weighted by Crippen LogP contribution is 2.31. The third kappa shape index (κ3) is 4.43. The van der Waals surface area contributed by atoms with E-state index in [1.807, 2.05) is 0 Å². The highest BCUT2D eigenvalue weighted by Gasteiger charge is 2.31. The van der Waals surface area contributed by atoms with Crippen LogP contribution in [-0.4, -0.2) is 49.7 Å². The number of sulfonamides is 1. The highest BCUT2D eigenvalue weighted by molar-refractivity contribution is 7.89. The van der Waals surface area contributed by atoms with E-state index in [4.69, 9.17) is 23.2 Å². The van der Waals surface area contributed by atoms with Crippen LogP contribution in [0.3, 0.4) is 0 Å². The first-order valence-electron chi connectivity index (χ1n) is 8.25. The van der Waals surface area contributed by atoms with Gasteiger partial charge >= 0.3 is 0 Å². The van der Waals surface area contributed by atoms with Gasteiger partial charge in [-0.1, -0.05) is 41.4 Å². The Bertz CT molecular complexity index is 944. The van der Waals surface area contributed by atoms with Crippen LogP contribution in [0.25, 0.3) is 0 Å². The summed E-state index contributed by atoms with van der Waals surface area (Å²) in [6, 6.07) is 10.2. The molecule has 0 atom stereocenters. The number of carbonyl (C=O) groups is 1. The van der Waals surface area contributed by atoms with Crippen molar-refractivity contribution < 1.29 is 17.6 Å². The molecule has 0 aromatic heterocycles. The quantitative estimate of drug-likeness (QED) is 0.747. The van der Waals surface area contributed by atoms with Crippen LogP contribution in [0.2, 0.25) is 10.0 Å². The summed E-state index contributed by atoms with van der Waals surface area (Å²) >= 11 is 12.0. The molecule has 0 aliphatic carbocycles. The minimum Gasteiger partial charge on any atom is -0.340 e. The zero-order valence-electron chi connectivity index (χ0n) is 14.2. The van der Waals surface area contributed by atoms with Crippen molar-refractivity contribution in [3.63, 3.8) is 0 Å². The van der Waals surface area contributed by atoms with Gasteiger partial charge < -0.3 is 4.90 Å². The maximum absolute atomic E-state index is 13.0. The molecule has 1 heterocycles. The van der Waals surface area contributed by atoms with Crippen LogP contribution in [0.1, 0.15) is 5.56 Å². The lowest BCUT2D eigenvalue weighted by Gasteiger charge is -2.34. The van der Waals surface area contributed by atoms with Crippen molar-refractivity contribution in [2.45, 2.75) is 11.3 Å². The predicted octanol–water partition coefficient (Wildman–Crippen LogP) is 3.21. The number of hydrogen-bond acceptors (Lipinski definition) is 3. The molecule has 144 valence electrons. The summed E-state index contributed by atoms with van der Waals surface area (Å²) in [5.41, 5.74) is 0.710. The number of carbonyl (C=O) groups excluding carboxylic acids is 1. The van der Waals surface area contributed by atoms with E-state index in [9.17, 15) is 17.6 Å². The molecular formula is C18H17Cl2FN2O3S. The largest absolute Gasteiger partial charge is 0.340 e. The summed E-state index contributed by atoms with van der Waals surface area (Å²) in [6.45, 7) is 0.884. The number of amides is 1. The summed E-state index contributed by atoms with van der Waals surface area (Å²) in [5.74, 6) is -0.482. The van der Waals surface area contributed by atoms with Gasteiger partial charge in [-0.3, -0.25) is 4.79 Å². The number of piperazine rings is 1.